The fourth-order valence-electron chi connectivity index (χ4n) is 6.38. The van der Waals surface area contributed by atoms with Crippen molar-refractivity contribution in [2.75, 3.05) is 13.1 Å². The van der Waals surface area contributed by atoms with E-state index in [1.54, 1.807) is 5.56 Å². The van der Waals surface area contributed by atoms with E-state index in [0.717, 1.165) is 0 Å². The largest absolute Gasteiger partial charge is 0.309 e. The number of para-hydroxylation sites is 2. The van der Waals surface area contributed by atoms with Gasteiger partial charge in [0.1, 0.15) is 0 Å². The maximum Gasteiger partial charge on any atom is 0.0543 e. The molecule has 2 bridgehead atoms. The number of hydrogen-bond donors (Lipinski definition) is 0. The summed E-state index contributed by atoms with van der Waals surface area (Å²) < 4.78 is 2.43. The first-order chi connectivity index (χ1) is 14.1. The first kappa shape index (κ1) is 17.3. The molecule has 2 aliphatic heterocycles. The summed E-state index contributed by atoms with van der Waals surface area (Å²) in [5.41, 5.74) is 7.25. The summed E-state index contributed by atoms with van der Waals surface area (Å²) in [7, 11) is 0. The predicted molar refractivity (Wildman–Crippen MR) is 122 cm³/mol. The fraction of sp³-hybridized carbons (Fsp3) is 0.333. The Kier molecular flexibility index (Phi) is 3.56. The van der Waals surface area contributed by atoms with Crippen molar-refractivity contribution in [3.8, 4) is 5.69 Å². The molecule has 146 valence electrons. The van der Waals surface area contributed by atoms with Crippen LogP contribution >= 0.6 is 0 Å². The molecule has 2 heteroatoms. The Morgan fingerprint density at radius 2 is 1.66 bits per heavy atom. The predicted octanol–water partition coefficient (Wildman–Crippen LogP) is 6.29. The Balaban J connectivity index is 1.64. The van der Waals surface area contributed by atoms with Crippen LogP contribution in [0.1, 0.15) is 37.3 Å². The highest BCUT2D eigenvalue weighted by atomic mass is 15.2. The van der Waals surface area contributed by atoms with Gasteiger partial charge in [0.15, 0.2) is 0 Å². The molecule has 29 heavy (non-hydrogen) atoms. The minimum absolute atomic E-state index is 0.412. The zero-order chi connectivity index (χ0) is 19.8. The number of piperidine rings is 1. The van der Waals surface area contributed by atoms with Gasteiger partial charge in [-0.2, -0.15) is 0 Å². The lowest BCUT2D eigenvalue weighted by Crippen LogP contribution is -2.35. The zero-order valence-corrected chi connectivity index (χ0v) is 17.5. The van der Waals surface area contributed by atoms with Gasteiger partial charge in [0.2, 0.25) is 0 Å². The molecule has 4 aromatic rings. The Morgan fingerprint density at radius 3 is 2.41 bits per heavy atom. The van der Waals surface area contributed by atoms with Crippen LogP contribution in [0.5, 0.6) is 0 Å². The third-order valence-electron chi connectivity index (χ3n) is 7.75. The molecule has 0 radical (unpaired) electrons. The van der Waals surface area contributed by atoms with E-state index in [-0.39, 0.29) is 0 Å². The molecule has 1 aromatic heterocycles. The molecule has 2 aliphatic rings. The first-order valence-corrected chi connectivity index (χ1v) is 10.9. The topological polar surface area (TPSA) is 8.17 Å². The molecule has 2 nitrogen and oxygen atoms in total. The van der Waals surface area contributed by atoms with E-state index in [0.29, 0.717) is 17.4 Å². The minimum Gasteiger partial charge on any atom is -0.309 e. The molecule has 0 amide bonds. The molecule has 0 aliphatic carbocycles. The van der Waals surface area contributed by atoms with Crippen LogP contribution in [0.2, 0.25) is 0 Å². The Bertz CT molecular complexity index is 1240. The third kappa shape index (κ3) is 2.33. The van der Waals surface area contributed by atoms with Gasteiger partial charge in [0.25, 0.3) is 0 Å². The molecular weight excluding hydrogens is 352 g/mol. The number of aryl methyl sites for hydroxylation is 1. The number of hydrogen-bond acceptors (Lipinski definition) is 1. The molecule has 0 spiro atoms. The van der Waals surface area contributed by atoms with E-state index in [4.69, 9.17) is 0 Å². The van der Waals surface area contributed by atoms with E-state index in [1.807, 2.05) is 0 Å². The Hall–Kier alpha value is -2.58. The van der Waals surface area contributed by atoms with Gasteiger partial charge in [-0.15, -0.1) is 0 Å². The summed E-state index contributed by atoms with van der Waals surface area (Å²) >= 11 is 0. The van der Waals surface area contributed by atoms with Crippen LogP contribution in [0.15, 0.2) is 66.7 Å². The fourth-order valence-corrected chi connectivity index (χ4v) is 6.38. The maximum absolute atomic E-state index is 2.70. The summed E-state index contributed by atoms with van der Waals surface area (Å²) in [4.78, 5) is 2.70. The highest BCUT2D eigenvalue weighted by Gasteiger charge is 2.52. The molecule has 0 N–H and O–H groups in total. The lowest BCUT2D eigenvalue weighted by atomic mass is 9.70. The standard InChI is InChI=1S/C27H28N2/c1-18-15-25-23(16-22(18)26-19(2)28-14-13-27(26,3)17-28)21-11-7-8-12-24(21)29(25)20-9-5-4-6-10-20/h4-12,15-16,19,26H,13-14,17H2,1-3H3. The van der Waals surface area contributed by atoms with Crippen molar-refractivity contribution < 1.29 is 0 Å². The van der Waals surface area contributed by atoms with Crippen LogP contribution in [0, 0.1) is 12.3 Å². The average Bonchev–Trinajstić information content (AvgIpc) is 3.34. The molecule has 2 fully saturated rings. The quantitative estimate of drug-likeness (QED) is 0.397. The monoisotopic (exact) mass is 380 g/mol. The van der Waals surface area contributed by atoms with Gasteiger partial charge < -0.3 is 4.57 Å². The van der Waals surface area contributed by atoms with Gasteiger partial charge >= 0.3 is 0 Å². The molecular formula is C27H28N2. The van der Waals surface area contributed by atoms with Crippen LogP contribution in [-0.4, -0.2) is 28.6 Å². The summed E-state index contributed by atoms with van der Waals surface area (Å²) in [5.74, 6) is 0.625. The lowest BCUT2D eigenvalue weighted by Gasteiger charge is -2.36. The minimum atomic E-state index is 0.412. The maximum atomic E-state index is 2.70. The van der Waals surface area contributed by atoms with Crippen molar-refractivity contribution >= 4 is 21.8 Å². The molecule has 6 rings (SSSR count). The summed E-state index contributed by atoms with van der Waals surface area (Å²) in [6.07, 6.45) is 1.32. The van der Waals surface area contributed by atoms with Gasteiger partial charge in [0.05, 0.1) is 11.0 Å². The van der Waals surface area contributed by atoms with Gasteiger partial charge in [-0.1, -0.05) is 43.3 Å². The van der Waals surface area contributed by atoms with Crippen molar-refractivity contribution in [2.45, 2.75) is 39.2 Å². The molecule has 0 saturated carbocycles. The third-order valence-corrected chi connectivity index (χ3v) is 7.75. The molecule has 2 saturated heterocycles. The van der Waals surface area contributed by atoms with Crippen molar-refractivity contribution in [3.63, 3.8) is 0 Å². The number of aromatic nitrogens is 1. The van der Waals surface area contributed by atoms with Gasteiger partial charge in [-0.05, 0) is 73.7 Å². The second-order valence-corrected chi connectivity index (χ2v) is 9.51. The van der Waals surface area contributed by atoms with Crippen molar-refractivity contribution in [2.24, 2.45) is 5.41 Å². The van der Waals surface area contributed by atoms with E-state index in [9.17, 15) is 0 Å². The smallest absolute Gasteiger partial charge is 0.0543 e. The van der Waals surface area contributed by atoms with E-state index in [2.05, 4.69) is 97.0 Å². The van der Waals surface area contributed by atoms with Crippen LogP contribution in [0.4, 0.5) is 0 Å². The Labute approximate surface area is 172 Å². The highest BCUT2D eigenvalue weighted by molar-refractivity contribution is 6.09. The van der Waals surface area contributed by atoms with Crippen molar-refractivity contribution in [3.05, 3.63) is 77.9 Å². The first-order valence-electron chi connectivity index (χ1n) is 10.9. The summed E-state index contributed by atoms with van der Waals surface area (Å²) in [6, 6.07) is 25.2. The number of benzene rings is 3. The second kappa shape index (κ2) is 5.96. The molecule has 4 atom stereocenters. The van der Waals surface area contributed by atoms with Gasteiger partial charge in [-0.25, -0.2) is 0 Å². The summed E-state index contributed by atoms with van der Waals surface area (Å²) in [5, 5.41) is 2.74. The van der Waals surface area contributed by atoms with Crippen LogP contribution in [0.3, 0.4) is 0 Å². The van der Waals surface area contributed by atoms with Crippen LogP contribution in [0.25, 0.3) is 27.5 Å². The highest BCUT2D eigenvalue weighted by Crippen LogP contribution is 2.54. The SMILES string of the molecule is Cc1cc2c(cc1C1C(C)N3CCC1(C)C3)c1ccccc1n2-c1ccccc1. The normalized spacial score (nSPS) is 28.6. The molecule has 4 unspecified atom stereocenters. The number of rotatable bonds is 2. The summed E-state index contributed by atoms with van der Waals surface area (Å²) in [6.45, 7) is 9.79. The molecule has 3 aromatic carbocycles. The van der Waals surface area contributed by atoms with E-state index >= 15 is 0 Å². The Morgan fingerprint density at radius 1 is 0.897 bits per heavy atom. The molecule has 3 heterocycles. The average molecular weight is 381 g/mol. The van der Waals surface area contributed by atoms with Crippen molar-refractivity contribution in [1.82, 2.24) is 9.47 Å². The van der Waals surface area contributed by atoms with Gasteiger partial charge in [-0.3, -0.25) is 4.90 Å². The van der Waals surface area contributed by atoms with E-state index < -0.39 is 0 Å². The van der Waals surface area contributed by atoms with Crippen molar-refractivity contribution in [1.29, 1.82) is 0 Å². The van der Waals surface area contributed by atoms with E-state index in [1.165, 1.54) is 52.6 Å². The van der Waals surface area contributed by atoms with Crippen LogP contribution in [-0.2, 0) is 0 Å². The zero-order valence-electron chi connectivity index (χ0n) is 17.5. The van der Waals surface area contributed by atoms with Crippen LogP contribution < -0.4 is 0 Å². The second-order valence-electron chi connectivity index (χ2n) is 9.51. The number of fused-ring (bicyclic) bond motifs is 5. The number of nitrogens with zero attached hydrogens (tertiary/aromatic N) is 2. The lowest BCUT2D eigenvalue weighted by molar-refractivity contribution is 0.227. The van der Waals surface area contributed by atoms with Gasteiger partial charge in [0, 0.05) is 35.0 Å².